The topological polar surface area (TPSA) is 18.5 Å². The van der Waals surface area contributed by atoms with Gasteiger partial charge in [-0.15, -0.1) is 0 Å². The lowest BCUT2D eigenvalue weighted by molar-refractivity contribution is 0.296. The first-order valence-corrected chi connectivity index (χ1v) is 6.67. The average molecular weight is 346 g/mol. The Morgan fingerprint density at radius 3 is 2.68 bits per heavy atom. The molecule has 0 N–H and O–H groups in total. The van der Waals surface area contributed by atoms with Crippen molar-refractivity contribution in [1.29, 1.82) is 0 Å². The third-order valence-corrected chi connectivity index (χ3v) is 3.31. The first kappa shape index (κ1) is 14.2. The van der Waals surface area contributed by atoms with Crippen LogP contribution in [0.25, 0.3) is 0 Å². The summed E-state index contributed by atoms with van der Waals surface area (Å²) in [5.41, 5.74) is 0.886. The van der Waals surface area contributed by atoms with Gasteiger partial charge in [0, 0.05) is 16.1 Å². The summed E-state index contributed by atoms with van der Waals surface area (Å²) < 4.78 is 24.8. The van der Waals surface area contributed by atoms with Crippen molar-refractivity contribution in [2.75, 3.05) is 7.11 Å². The monoisotopic (exact) mass is 344 g/mol. The van der Waals surface area contributed by atoms with Crippen molar-refractivity contribution < 1.29 is 13.9 Å². The molecule has 0 aliphatic carbocycles. The van der Waals surface area contributed by atoms with Crippen LogP contribution in [0.3, 0.4) is 0 Å². The number of hydrogen-bond donors (Lipinski definition) is 0. The summed E-state index contributed by atoms with van der Waals surface area (Å²) in [5, 5.41) is 0.0405. The molecule has 5 heteroatoms. The van der Waals surface area contributed by atoms with E-state index in [4.69, 9.17) is 21.1 Å². The smallest absolute Gasteiger partial charge is 0.142 e. The predicted octanol–water partition coefficient (Wildman–Crippen LogP) is 4.83. The number of ether oxygens (including phenoxy) is 2. The minimum atomic E-state index is -0.464. The summed E-state index contributed by atoms with van der Waals surface area (Å²) >= 11 is 9.08. The average Bonchev–Trinajstić information content (AvgIpc) is 2.40. The summed E-state index contributed by atoms with van der Waals surface area (Å²) in [7, 11) is 1.60. The Morgan fingerprint density at radius 1 is 1.21 bits per heavy atom. The van der Waals surface area contributed by atoms with Crippen molar-refractivity contribution in [2.45, 2.75) is 6.61 Å². The second-order valence-electron chi connectivity index (χ2n) is 3.82. The summed E-state index contributed by atoms with van der Waals surface area (Å²) in [4.78, 5) is 0. The molecule has 0 bridgehead atoms. The first-order valence-electron chi connectivity index (χ1n) is 5.50. The van der Waals surface area contributed by atoms with Crippen LogP contribution in [0.15, 0.2) is 40.9 Å². The van der Waals surface area contributed by atoms with Crippen LogP contribution in [-0.4, -0.2) is 7.11 Å². The molecule has 2 nitrogen and oxygen atoms in total. The van der Waals surface area contributed by atoms with Gasteiger partial charge in [-0.2, -0.15) is 0 Å². The molecule has 0 saturated carbocycles. The highest BCUT2D eigenvalue weighted by molar-refractivity contribution is 9.10. The standard InChI is InChI=1S/C14H11BrClFO2/c1-18-14-5-2-10(15)6-9(14)8-19-11-3-4-13(17)12(16)7-11/h2-7H,8H2,1H3. The number of methoxy groups -OCH3 is 1. The molecular weight excluding hydrogens is 335 g/mol. The fraction of sp³-hybridized carbons (Fsp3) is 0.143. The van der Waals surface area contributed by atoms with Crippen LogP contribution in [0.4, 0.5) is 4.39 Å². The van der Waals surface area contributed by atoms with E-state index < -0.39 is 5.82 Å². The third-order valence-electron chi connectivity index (χ3n) is 2.53. The molecule has 2 aromatic carbocycles. The van der Waals surface area contributed by atoms with Crippen LogP contribution in [0, 0.1) is 5.82 Å². The maximum atomic E-state index is 13.0. The van der Waals surface area contributed by atoms with Crippen LogP contribution in [0.2, 0.25) is 5.02 Å². The van der Waals surface area contributed by atoms with E-state index in [1.807, 2.05) is 18.2 Å². The normalized spacial score (nSPS) is 10.3. The van der Waals surface area contributed by atoms with Crippen molar-refractivity contribution in [3.8, 4) is 11.5 Å². The molecule has 0 radical (unpaired) electrons. The molecule has 0 aliphatic rings. The van der Waals surface area contributed by atoms with Gasteiger partial charge in [0.15, 0.2) is 0 Å². The fourth-order valence-corrected chi connectivity index (χ4v) is 2.17. The Hall–Kier alpha value is -1.26. The van der Waals surface area contributed by atoms with Gasteiger partial charge < -0.3 is 9.47 Å². The zero-order valence-electron chi connectivity index (χ0n) is 10.1. The summed E-state index contributed by atoms with van der Waals surface area (Å²) in [6.07, 6.45) is 0. The van der Waals surface area contributed by atoms with Crippen molar-refractivity contribution >= 4 is 27.5 Å². The first-order chi connectivity index (χ1) is 9.10. The van der Waals surface area contributed by atoms with Crippen LogP contribution in [0.1, 0.15) is 5.56 Å². The van der Waals surface area contributed by atoms with E-state index in [1.165, 1.54) is 18.2 Å². The number of rotatable bonds is 4. The van der Waals surface area contributed by atoms with Crippen molar-refractivity contribution in [3.63, 3.8) is 0 Å². The lowest BCUT2D eigenvalue weighted by atomic mass is 10.2. The van der Waals surface area contributed by atoms with Gasteiger partial charge in [-0.3, -0.25) is 0 Å². The van der Waals surface area contributed by atoms with E-state index in [0.717, 1.165) is 15.8 Å². The molecule has 2 rings (SSSR count). The van der Waals surface area contributed by atoms with E-state index in [2.05, 4.69) is 15.9 Å². The van der Waals surface area contributed by atoms with Gasteiger partial charge in [0.25, 0.3) is 0 Å². The molecule has 0 atom stereocenters. The van der Waals surface area contributed by atoms with Gasteiger partial charge in [-0.25, -0.2) is 4.39 Å². The molecule has 100 valence electrons. The minimum absolute atomic E-state index is 0.0405. The lowest BCUT2D eigenvalue weighted by Crippen LogP contribution is -1.99. The Bertz CT molecular complexity index is 590. The van der Waals surface area contributed by atoms with Gasteiger partial charge in [0.2, 0.25) is 0 Å². The van der Waals surface area contributed by atoms with Crippen LogP contribution >= 0.6 is 27.5 Å². The SMILES string of the molecule is COc1ccc(Br)cc1COc1ccc(F)c(Cl)c1. The van der Waals surface area contributed by atoms with Crippen LogP contribution in [-0.2, 0) is 6.61 Å². The minimum Gasteiger partial charge on any atom is -0.496 e. The molecule has 0 aliphatic heterocycles. The molecule has 0 spiro atoms. The Morgan fingerprint density at radius 2 is 2.00 bits per heavy atom. The number of halogens is 3. The molecule has 0 aromatic heterocycles. The summed E-state index contributed by atoms with van der Waals surface area (Å²) in [5.74, 6) is 0.777. The number of hydrogen-bond acceptors (Lipinski definition) is 2. The zero-order chi connectivity index (χ0) is 13.8. The van der Waals surface area contributed by atoms with Crippen molar-refractivity contribution in [2.24, 2.45) is 0 Å². The van der Waals surface area contributed by atoms with E-state index in [0.29, 0.717) is 12.4 Å². The Labute approximate surface area is 124 Å². The Balaban J connectivity index is 2.13. The van der Waals surface area contributed by atoms with Gasteiger partial charge >= 0.3 is 0 Å². The van der Waals surface area contributed by atoms with Gasteiger partial charge in [-0.05, 0) is 30.3 Å². The van der Waals surface area contributed by atoms with Crippen molar-refractivity contribution in [1.82, 2.24) is 0 Å². The molecule has 19 heavy (non-hydrogen) atoms. The second kappa shape index (κ2) is 6.26. The third kappa shape index (κ3) is 3.61. The van der Waals surface area contributed by atoms with Gasteiger partial charge in [0.05, 0.1) is 12.1 Å². The molecule has 0 fully saturated rings. The molecule has 0 amide bonds. The van der Waals surface area contributed by atoms with Gasteiger partial charge in [0.1, 0.15) is 23.9 Å². The van der Waals surface area contributed by atoms with Gasteiger partial charge in [-0.1, -0.05) is 27.5 Å². The molecule has 0 saturated heterocycles. The highest BCUT2D eigenvalue weighted by atomic mass is 79.9. The lowest BCUT2D eigenvalue weighted by Gasteiger charge is -2.11. The van der Waals surface area contributed by atoms with E-state index in [9.17, 15) is 4.39 Å². The quantitative estimate of drug-likeness (QED) is 0.790. The van der Waals surface area contributed by atoms with Crippen LogP contribution in [0.5, 0.6) is 11.5 Å². The maximum Gasteiger partial charge on any atom is 0.142 e. The molecular formula is C14H11BrClFO2. The Kier molecular flexibility index (Phi) is 4.66. The fourth-order valence-electron chi connectivity index (χ4n) is 1.59. The van der Waals surface area contributed by atoms with E-state index >= 15 is 0 Å². The summed E-state index contributed by atoms with van der Waals surface area (Å²) in [6, 6.07) is 9.89. The van der Waals surface area contributed by atoms with E-state index in [1.54, 1.807) is 7.11 Å². The van der Waals surface area contributed by atoms with Crippen LogP contribution < -0.4 is 9.47 Å². The molecule has 0 heterocycles. The second-order valence-corrected chi connectivity index (χ2v) is 5.14. The largest absolute Gasteiger partial charge is 0.496 e. The maximum absolute atomic E-state index is 13.0. The molecule has 0 unspecified atom stereocenters. The summed E-state index contributed by atoms with van der Waals surface area (Å²) in [6.45, 7) is 0.310. The predicted molar refractivity (Wildman–Crippen MR) is 76.4 cm³/mol. The number of benzene rings is 2. The molecule has 2 aromatic rings. The highest BCUT2D eigenvalue weighted by Gasteiger charge is 2.06. The van der Waals surface area contributed by atoms with Crippen molar-refractivity contribution in [3.05, 3.63) is 57.3 Å². The van der Waals surface area contributed by atoms with E-state index in [-0.39, 0.29) is 5.02 Å². The zero-order valence-corrected chi connectivity index (χ0v) is 12.5. The highest BCUT2D eigenvalue weighted by Crippen LogP contribution is 2.26.